The van der Waals surface area contributed by atoms with Gasteiger partial charge in [0.25, 0.3) is 0 Å². The van der Waals surface area contributed by atoms with Gasteiger partial charge >= 0.3 is 0 Å². The van der Waals surface area contributed by atoms with Gasteiger partial charge in [-0.05, 0) is 31.5 Å². The summed E-state index contributed by atoms with van der Waals surface area (Å²) in [6, 6.07) is 8.57. The highest BCUT2D eigenvalue weighted by atomic mass is 15.4. The summed E-state index contributed by atoms with van der Waals surface area (Å²) in [5.74, 6) is 0. The first kappa shape index (κ1) is 13.8. The van der Waals surface area contributed by atoms with Gasteiger partial charge in [-0.15, -0.1) is 5.10 Å². The molecule has 0 aliphatic carbocycles. The average Bonchev–Trinajstić information content (AvgIpc) is 3.10. The van der Waals surface area contributed by atoms with Gasteiger partial charge in [-0.2, -0.15) is 0 Å². The van der Waals surface area contributed by atoms with Crippen molar-refractivity contribution in [2.75, 3.05) is 6.54 Å². The van der Waals surface area contributed by atoms with Gasteiger partial charge in [0.2, 0.25) is 0 Å². The molecule has 0 aliphatic rings. The molecule has 21 heavy (non-hydrogen) atoms. The van der Waals surface area contributed by atoms with E-state index in [4.69, 9.17) is 0 Å². The monoisotopic (exact) mass is 283 g/mol. The first-order chi connectivity index (χ1) is 10.3. The van der Waals surface area contributed by atoms with E-state index in [0.717, 1.165) is 26.1 Å². The zero-order chi connectivity index (χ0) is 14.7. The van der Waals surface area contributed by atoms with Crippen LogP contribution in [0.4, 0.5) is 0 Å². The number of hydrogen-bond acceptors (Lipinski definition) is 3. The van der Waals surface area contributed by atoms with Gasteiger partial charge in [0.15, 0.2) is 0 Å². The van der Waals surface area contributed by atoms with Crippen molar-refractivity contribution in [3.8, 4) is 0 Å². The Balaban J connectivity index is 1.58. The number of rotatable bonds is 6. The lowest BCUT2D eigenvalue weighted by atomic mass is 10.1. The molecule has 0 unspecified atom stereocenters. The summed E-state index contributed by atoms with van der Waals surface area (Å²) in [5.41, 5.74) is 4.03. The molecular weight excluding hydrogens is 262 g/mol. The van der Waals surface area contributed by atoms with Gasteiger partial charge in [-0.3, -0.25) is 4.68 Å². The zero-order valence-electron chi connectivity index (χ0n) is 12.6. The van der Waals surface area contributed by atoms with Crippen LogP contribution in [0.1, 0.15) is 17.7 Å². The molecule has 0 saturated heterocycles. The smallest absolute Gasteiger partial charge is 0.0692 e. The van der Waals surface area contributed by atoms with E-state index in [1.54, 1.807) is 6.20 Å². The number of fused-ring (bicyclic) bond motifs is 1. The SMILES string of the molecule is Cc1c(CNCCCn2ccnn2)n(C)c2ccccc12. The number of aryl methyl sites for hydroxylation is 3. The molecule has 3 aromatic rings. The maximum atomic E-state index is 3.96. The fraction of sp³-hybridized carbons (Fsp3) is 0.375. The van der Waals surface area contributed by atoms with Gasteiger partial charge < -0.3 is 9.88 Å². The van der Waals surface area contributed by atoms with Crippen LogP contribution in [0.5, 0.6) is 0 Å². The Morgan fingerprint density at radius 2 is 2.10 bits per heavy atom. The largest absolute Gasteiger partial charge is 0.346 e. The predicted molar refractivity (Wildman–Crippen MR) is 84.0 cm³/mol. The number of hydrogen-bond donors (Lipinski definition) is 1. The summed E-state index contributed by atoms with van der Waals surface area (Å²) in [6.07, 6.45) is 4.66. The summed E-state index contributed by atoms with van der Waals surface area (Å²) in [7, 11) is 2.14. The molecule has 5 heteroatoms. The Hall–Kier alpha value is -2.14. The van der Waals surface area contributed by atoms with Crippen molar-refractivity contribution >= 4 is 10.9 Å². The Kier molecular flexibility index (Phi) is 4.01. The fourth-order valence-electron chi connectivity index (χ4n) is 2.81. The fourth-order valence-corrected chi connectivity index (χ4v) is 2.81. The van der Waals surface area contributed by atoms with E-state index >= 15 is 0 Å². The zero-order valence-corrected chi connectivity index (χ0v) is 12.6. The molecule has 1 aromatic carbocycles. The maximum absolute atomic E-state index is 3.96. The molecule has 5 nitrogen and oxygen atoms in total. The van der Waals surface area contributed by atoms with Gasteiger partial charge in [0.1, 0.15) is 0 Å². The van der Waals surface area contributed by atoms with Crippen LogP contribution >= 0.6 is 0 Å². The van der Waals surface area contributed by atoms with Crippen LogP contribution in [0.3, 0.4) is 0 Å². The van der Waals surface area contributed by atoms with Crippen LogP contribution in [0, 0.1) is 6.92 Å². The highest BCUT2D eigenvalue weighted by Crippen LogP contribution is 2.24. The van der Waals surface area contributed by atoms with Gasteiger partial charge in [-0.1, -0.05) is 23.4 Å². The van der Waals surface area contributed by atoms with Crippen molar-refractivity contribution in [2.24, 2.45) is 7.05 Å². The second kappa shape index (κ2) is 6.10. The number of aromatic nitrogens is 4. The second-order valence-electron chi connectivity index (χ2n) is 5.34. The van der Waals surface area contributed by atoms with E-state index in [9.17, 15) is 0 Å². The molecule has 0 saturated carbocycles. The quantitative estimate of drug-likeness (QED) is 0.706. The minimum absolute atomic E-state index is 0.897. The normalized spacial score (nSPS) is 11.3. The third-order valence-electron chi connectivity index (χ3n) is 4.01. The molecule has 2 heterocycles. The van der Waals surface area contributed by atoms with Crippen LogP contribution in [0.15, 0.2) is 36.7 Å². The lowest BCUT2D eigenvalue weighted by Gasteiger charge is -2.08. The van der Waals surface area contributed by atoms with Crippen LogP contribution in [-0.2, 0) is 20.1 Å². The van der Waals surface area contributed by atoms with E-state index in [-0.39, 0.29) is 0 Å². The molecule has 0 bridgehead atoms. The third-order valence-corrected chi connectivity index (χ3v) is 4.01. The molecule has 0 spiro atoms. The lowest BCUT2D eigenvalue weighted by molar-refractivity contribution is 0.526. The number of nitrogens with one attached hydrogen (secondary N) is 1. The first-order valence-corrected chi connectivity index (χ1v) is 7.35. The highest BCUT2D eigenvalue weighted by molar-refractivity contribution is 5.85. The highest BCUT2D eigenvalue weighted by Gasteiger charge is 2.10. The molecule has 110 valence electrons. The third kappa shape index (κ3) is 2.83. The Bertz CT molecular complexity index is 673. The number of para-hydroxylation sites is 1. The molecule has 0 fully saturated rings. The van der Waals surface area contributed by atoms with E-state index in [1.807, 2.05) is 10.9 Å². The van der Waals surface area contributed by atoms with Gasteiger partial charge in [0.05, 0.1) is 6.20 Å². The maximum Gasteiger partial charge on any atom is 0.0692 e. The molecule has 2 aromatic heterocycles. The van der Waals surface area contributed by atoms with Crippen LogP contribution in [0.2, 0.25) is 0 Å². The van der Waals surface area contributed by atoms with Crippen LogP contribution in [-0.4, -0.2) is 26.1 Å². The number of benzene rings is 1. The van der Waals surface area contributed by atoms with E-state index in [0.29, 0.717) is 0 Å². The second-order valence-corrected chi connectivity index (χ2v) is 5.34. The molecule has 0 radical (unpaired) electrons. The summed E-state index contributed by atoms with van der Waals surface area (Å²) in [4.78, 5) is 0. The standard InChI is InChI=1S/C16H21N5/c1-13-14-6-3-4-7-15(14)20(2)16(13)12-17-8-5-10-21-11-9-18-19-21/h3-4,6-7,9,11,17H,5,8,10,12H2,1-2H3. The molecule has 0 aliphatic heterocycles. The summed E-state index contributed by atoms with van der Waals surface area (Å²) >= 11 is 0. The summed E-state index contributed by atoms with van der Waals surface area (Å²) < 4.78 is 4.15. The summed E-state index contributed by atoms with van der Waals surface area (Å²) in [5, 5.41) is 12.6. The predicted octanol–water partition coefficient (Wildman–Crippen LogP) is 2.26. The topological polar surface area (TPSA) is 47.7 Å². The number of nitrogens with zero attached hydrogens (tertiary/aromatic N) is 4. The molecule has 0 amide bonds. The van der Waals surface area contributed by atoms with Crippen molar-refractivity contribution in [3.63, 3.8) is 0 Å². The van der Waals surface area contributed by atoms with Crippen molar-refractivity contribution in [1.82, 2.24) is 24.9 Å². The van der Waals surface area contributed by atoms with E-state index in [2.05, 4.69) is 58.4 Å². The molecule has 3 rings (SSSR count). The van der Waals surface area contributed by atoms with Crippen molar-refractivity contribution in [2.45, 2.75) is 26.4 Å². The van der Waals surface area contributed by atoms with Crippen molar-refractivity contribution in [1.29, 1.82) is 0 Å². The Morgan fingerprint density at radius 3 is 2.86 bits per heavy atom. The average molecular weight is 283 g/mol. The summed E-state index contributed by atoms with van der Waals surface area (Å²) in [6.45, 7) is 4.98. The molecular formula is C16H21N5. The van der Waals surface area contributed by atoms with Gasteiger partial charge in [-0.25, -0.2) is 0 Å². The van der Waals surface area contributed by atoms with E-state index in [1.165, 1.54) is 22.2 Å². The minimum atomic E-state index is 0.897. The Labute approximate surface area is 124 Å². The molecule has 0 atom stereocenters. The van der Waals surface area contributed by atoms with Crippen LogP contribution in [0.25, 0.3) is 10.9 Å². The van der Waals surface area contributed by atoms with Crippen molar-refractivity contribution < 1.29 is 0 Å². The first-order valence-electron chi connectivity index (χ1n) is 7.35. The van der Waals surface area contributed by atoms with Crippen molar-refractivity contribution in [3.05, 3.63) is 47.9 Å². The van der Waals surface area contributed by atoms with Gasteiger partial charge in [0, 0.05) is 42.9 Å². The Morgan fingerprint density at radius 1 is 1.24 bits per heavy atom. The van der Waals surface area contributed by atoms with E-state index < -0.39 is 0 Å². The molecule has 1 N–H and O–H groups in total. The van der Waals surface area contributed by atoms with Crippen LogP contribution < -0.4 is 5.32 Å². The lowest BCUT2D eigenvalue weighted by Crippen LogP contribution is -2.18. The minimum Gasteiger partial charge on any atom is -0.346 e.